The van der Waals surface area contributed by atoms with Crippen molar-refractivity contribution < 1.29 is 4.92 Å². The van der Waals surface area contributed by atoms with Gasteiger partial charge in [0.25, 0.3) is 5.69 Å². The molecule has 0 aliphatic rings. The molecule has 0 saturated carbocycles. The second-order valence-corrected chi connectivity index (χ2v) is 3.43. The van der Waals surface area contributed by atoms with Gasteiger partial charge in [-0.05, 0) is 6.07 Å². The number of benzene rings is 1. The topological polar surface area (TPSA) is 66.9 Å². The summed E-state index contributed by atoms with van der Waals surface area (Å²) in [4.78, 5) is 10.1. The predicted octanol–water partition coefficient (Wildman–Crippen LogP) is 3.01. The first-order valence-corrected chi connectivity index (χ1v) is 5.03. The molecule has 0 fully saturated rings. The third-order valence-corrected chi connectivity index (χ3v) is 2.55. The van der Waals surface area contributed by atoms with Gasteiger partial charge >= 0.3 is 0 Å². The van der Waals surface area contributed by atoms with Crippen molar-refractivity contribution in [2.45, 2.75) is 5.33 Å². The lowest BCUT2D eigenvalue weighted by Crippen LogP contribution is -1.94. The minimum atomic E-state index is -0.524. The van der Waals surface area contributed by atoms with E-state index in [2.05, 4.69) is 15.9 Å². The van der Waals surface area contributed by atoms with E-state index in [1.54, 1.807) is 0 Å². The second kappa shape index (κ2) is 4.40. The van der Waals surface area contributed by atoms with Crippen molar-refractivity contribution in [1.29, 1.82) is 5.26 Å². The van der Waals surface area contributed by atoms with Crippen LogP contribution in [0.25, 0.3) is 0 Å². The Hall–Kier alpha value is -1.12. The van der Waals surface area contributed by atoms with E-state index in [0.717, 1.165) is 0 Å². The Kier molecular flexibility index (Phi) is 3.44. The number of alkyl halides is 1. The van der Waals surface area contributed by atoms with Crippen LogP contribution in [-0.2, 0) is 5.33 Å². The minimum absolute atomic E-state index is 0.0779. The molecule has 4 nitrogen and oxygen atoms in total. The van der Waals surface area contributed by atoms with E-state index in [0.29, 0.717) is 10.9 Å². The third kappa shape index (κ3) is 2.03. The summed E-state index contributed by atoms with van der Waals surface area (Å²) in [6.45, 7) is 0. The standard InChI is InChI=1S/C8H4BrClN2O2/c9-3-5-1-6(4-11)7(10)2-8(5)12(13)14/h1-2H,3H2. The number of nitro groups is 1. The van der Waals surface area contributed by atoms with E-state index >= 15 is 0 Å². The van der Waals surface area contributed by atoms with Gasteiger partial charge in [0, 0.05) is 17.0 Å². The highest BCUT2D eigenvalue weighted by molar-refractivity contribution is 9.08. The summed E-state index contributed by atoms with van der Waals surface area (Å²) in [6.07, 6.45) is 0. The molecule has 1 aromatic rings. The van der Waals surface area contributed by atoms with E-state index in [1.165, 1.54) is 12.1 Å². The van der Waals surface area contributed by atoms with Gasteiger partial charge in [0.15, 0.2) is 0 Å². The Morgan fingerprint density at radius 3 is 2.71 bits per heavy atom. The van der Waals surface area contributed by atoms with Crippen LogP contribution in [0, 0.1) is 21.4 Å². The van der Waals surface area contributed by atoms with Crippen molar-refractivity contribution in [3.63, 3.8) is 0 Å². The zero-order valence-electron chi connectivity index (χ0n) is 6.83. The molecule has 0 aliphatic carbocycles. The predicted molar refractivity (Wildman–Crippen MR) is 55.5 cm³/mol. The molecule has 0 atom stereocenters. The normalized spacial score (nSPS) is 9.50. The summed E-state index contributed by atoms with van der Waals surface area (Å²) < 4.78 is 0. The Labute approximate surface area is 93.4 Å². The fourth-order valence-electron chi connectivity index (χ4n) is 0.970. The van der Waals surface area contributed by atoms with Gasteiger partial charge < -0.3 is 0 Å². The van der Waals surface area contributed by atoms with Crippen molar-refractivity contribution in [2.75, 3.05) is 0 Å². The van der Waals surface area contributed by atoms with Crippen molar-refractivity contribution >= 4 is 33.2 Å². The van der Waals surface area contributed by atoms with Crippen LogP contribution in [0.4, 0.5) is 5.69 Å². The van der Waals surface area contributed by atoms with Crippen LogP contribution in [0.3, 0.4) is 0 Å². The highest BCUT2D eigenvalue weighted by atomic mass is 79.9. The van der Waals surface area contributed by atoms with Crippen LogP contribution < -0.4 is 0 Å². The average molecular weight is 275 g/mol. The number of nitriles is 1. The summed E-state index contributed by atoms with van der Waals surface area (Å²) in [5, 5.41) is 19.6. The highest BCUT2D eigenvalue weighted by Gasteiger charge is 2.16. The number of halogens is 2. The molecule has 1 rings (SSSR count). The lowest BCUT2D eigenvalue weighted by Gasteiger charge is -2.00. The first kappa shape index (κ1) is 11.0. The number of hydrogen-bond acceptors (Lipinski definition) is 3. The molecule has 72 valence electrons. The molecule has 0 amide bonds. The van der Waals surface area contributed by atoms with Gasteiger partial charge in [-0.2, -0.15) is 5.26 Å². The molecule has 0 bridgehead atoms. The van der Waals surface area contributed by atoms with Crippen molar-refractivity contribution in [3.05, 3.63) is 38.4 Å². The molecule has 0 unspecified atom stereocenters. The van der Waals surface area contributed by atoms with Crippen LogP contribution in [0.5, 0.6) is 0 Å². The van der Waals surface area contributed by atoms with Gasteiger partial charge in [0.05, 0.1) is 15.5 Å². The quantitative estimate of drug-likeness (QED) is 0.473. The molecule has 0 heterocycles. The minimum Gasteiger partial charge on any atom is -0.258 e. The first-order valence-electron chi connectivity index (χ1n) is 3.53. The molecule has 0 N–H and O–H groups in total. The Balaban J connectivity index is 3.41. The molecule has 0 spiro atoms. The molecule has 14 heavy (non-hydrogen) atoms. The van der Waals surface area contributed by atoms with Crippen LogP contribution in [0.15, 0.2) is 12.1 Å². The zero-order valence-corrected chi connectivity index (χ0v) is 9.17. The van der Waals surface area contributed by atoms with Crippen LogP contribution in [-0.4, -0.2) is 4.92 Å². The number of nitrogens with zero attached hydrogens (tertiary/aromatic N) is 2. The average Bonchev–Trinajstić information content (AvgIpc) is 2.17. The number of nitro benzene ring substituents is 1. The fraction of sp³-hybridized carbons (Fsp3) is 0.125. The Morgan fingerprint density at radius 2 is 2.29 bits per heavy atom. The highest BCUT2D eigenvalue weighted by Crippen LogP contribution is 2.28. The van der Waals surface area contributed by atoms with E-state index in [-0.39, 0.29) is 16.3 Å². The number of rotatable bonds is 2. The second-order valence-electron chi connectivity index (χ2n) is 2.46. The SMILES string of the molecule is N#Cc1cc(CBr)c([N+](=O)[O-])cc1Cl. The molecular weight excluding hydrogens is 271 g/mol. The number of hydrogen-bond donors (Lipinski definition) is 0. The molecule has 0 radical (unpaired) electrons. The Bertz CT molecular complexity index is 428. The van der Waals surface area contributed by atoms with E-state index in [4.69, 9.17) is 16.9 Å². The monoisotopic (exact) mass is 274 g/mol. The summed E-state index contributed by atoms with van der Waals surface area (Å²) in [5.41, 5.74) is 0.605. The molecule has 0 aromatic heterocycles. The lowest BCUT2D eigenvalue weighted by molar-refractivity contribution is -0.385. The van der Waals surface area contributed by atoms with E-state index in [1.807, 2.05) is 6.07 Å². The first-order chi connectivity index (χ1) is 6.60. The van der Waals surface area contributed by atoms with E-state index < -0.39 is 4.92 Å². The Morgan fingerprint density at radius 1 is 1.64 bits per heavy atom. The largest absolute Gasteiger partial charge is 0.275 e. The van der Waals surface area contributed by atoms with Crippen molar-refractivity contribution in [3.8, 4) is 6.07 Å². The fourth-order valence-corrected chi connectivity index (χ4v) is 1.62. The van der Waals surface area contributed by atoms with Crippen molar-refractivity contribution in [1.82, 2.24) is 0 Å². The maximum atomic E-state index is 10.6. The third-order valence-electron chi connectivity index (χ3n) is 1.63. The maximum Gasteiger partial charge on any atom is 0.275 e. The van der Waals surface area contributed by atoms with Gasteiger partial charge in [-0.15, -0.1) is 0 Å². The van der Waals surface area contributed by atoms with Crippen molar-refractivity contribution in [2.24, 2.45) is 0 Å². The molecule has 6 heteroatoms. The summed E-state index contributed by atoms with van der Waals surface area (Å²) in [6, 6.07) is 4.46. The molecule has 0 saturated heterocycles. The molecule has 1 aromatic carbocycles. The summed E-state index contributed by atoms with van der Waals surface area (Å²) in [5.74, 6) is 0. The summed E-state index contributed by atoms with van der Waals surface area (Å²) in [7, 11) is 0. The maximum absolute atomic E-state index is 10.6. The lowest BCUT2D eigenvalue weighted by atomic mass is 10.1. The van der Waals surface area contributed by atoms with Gasteiger partial charge in [-0.3, -0.25) is 10.1 Å². The van der Waals surface area contributed by atoms with Crippen LogP contribution >= 0.6 is 27.5 Å². The van der Waals surface area contributed by atoms with Crippen LogP contribution in [0.1, 0.15) is 11.1 Å². The molecule has 0 aliphatic heterocycles. The van der Waals surface area contributed by atoms with E-state index in [9.17, 15) is 10.1 Å². The smallest absolute Gasteiger partial charge is 0.258 e. The van der Waals surface area contributed by atoms with Crippen LogP contribution in [0.2, 0.25) is 5.02 Å². The zero-order chi connectivity index (χ0) is 10.7. The summed E-state index contributed by atoms with van der Waals surface area (Å²) >= 11 is 8.77. The van der Waals surface area contributed by atoms with Gasteiger partial charge in [-0.1, -0.05) is 27.5 Å². The van der Waals surface area contributed by atoms with Gasteiger partial charge in [0.2, 0.25) is 0 Å². The molecular formula is C8H4BrClN2O2. The van der Waals surface area contributed by atoms with Gasteiger partial charge in [0.1, 0.15) is 6.07 Å². The van der Waals surface area contributed by atoms with Gasteiger partial charge in [-0.25, -0.2) is 0 Å².